The van der Waals surface area contributed by atoms with Gasteiger partial charge in [-0.05, 0) is 52.6 Å². The Hall–Kier alpha value is -2.44. The van der Waals surface area contributed by atoms with Crippen molar-refractivity contribution >= 4 is 40.2 Å². The molecule has 1 atom stereocenters. The van der Waals surface area contributed by atoms with Crippen molar-refractivity contribution in [2.24, 2.45) is 0 Å². The van der Waals surface area contributed by atoms with E-state index < -0.39 is 0 Å². The summed E-state index contributed by atoms with van der Waals surface area (Å²) in [5.41, 5.74) is 2.97. The van der Waals surface area contributed by atoms with Crippen LogP contribution in [0.4, 0.5) is 5.69 Å². The molecule has 1 aliphatic heterocycles. The predicted molar refractivity (Wildman–Crippen MR) is 110 cm³/mol. The highest BCUT2D eigenvalue weighted by atomic mass is 32.1. The third kappa shape index (κ3) is 3.82. The number of nitrogens with one attached hydrogen (secondary N) is 1. The molecule has 4 nitrogen and oxygen atoms in total. The Morgan fingerprint density at radius 2 is 1.93 bits per heavy atom. The number of carbonyl (C=O) groups excluding carboxylic acids is 2. The number of rotatable bonds is 4. The molecule has 1 N–H and O–H groups in total. The lowest BCUT2D eigenvalue weighted by Crippen LogP contribution is -2.40. The number of nitrogens with zero attached hydrogens (tertiary/aromatic N) is 1. The quantitative estimate of drug-likeness (QED) is 0.707. The maximum absolute atomic E-state index is 13.1. The number of hydrogen-bond donors (Lipinski definition) is 1. The summed E-state index contributed by atoms with van der Waals surface area (Å²) < 4.78 is 0. The number of hydrogen-bond acceptors (Lipinski definition) is 4. The molecule has 1 unspecified atom stereocenters. The Bertz CT molecular complexity index is 945. The first-order valence-electron chi connectivity index (χ1n) is 8.87. The van der Waals surface area contributed by atoms with Gasteiger partial charge in [-0.25, -0.2) is 0 Å². The summed E-state index contributed by atoms with van der Waals surface area (Å²) in [6, 6.07) is 13.8. The number of anilines is 1. The monoisotopic (exact) mass is 396 g/mol. The fraction of sp³-hybridized carbons (Fsp3) is 0.238. The van der Waals surface area contributed by atoms with E-state index in [1.54, 1.807) is 22.7 Å². The van der Waals surface area contributed by atoms with Crippen LogP contribution in [0.1, 0.15) is 33.8 Å². The molecule has 4 rings (SSSR count). The molecule has 3 heterocycles. The van der Waals surface area contributed by atoms with Gasteiger partial charge >= 0.3 is 0 Å². The van der Waals surface area contributed by atoms with Gasteiger partial charge in [-0.1, -0.05) is 18.2 Å². The molecule has 0 fully saturated rings. The molecule has 1 aromatic carbocycles. The lowest BCUT2D eigenvalue weighted by Gasteiger charge is -2.35. The fourth-order valence-electron chi connectivity index (χ4n) is 3.52. The highest BCUT2D eigenvalue weighted by Crippen LogP contribution is 2.39. The maximum atomic E-state index is 13.1. The first kappa shape index (κ1) is 17.9. The molecule has 0 spiro atoms. The largest absolute Gasteiger partial charge is 0.330 e. The third-order valence-corrected chi connectivity index (χ3v) is 6.65. The van der Waals surface area contributed by atoms with Crippen molar-refractivity contribution in [3.8, 4) is 0 Å². The van der Waals surface area contributed by atoms with E-state index in [0.717, 1.165) is 24.2 Å². The van der Waals surface area contributed by atoms with Gasteiger partial charge in [0.1, 0.15) is 0 Å². The van der Waals surface area contributed by atoms with E-state index in [1.807, 2.05) is 35.2 Å². The van der Waals surface area contributed by atoms with Crippen molar-refractivity contribution in [1.82, 2.24) is 4.90 Å². The van der Waals surface area contributed by atoms with Crippen molar-refractivity contribution in [2.45, 2.75) is 25.8 Å². The van der Waals surface area contributed by atoms with Crippen LogP contribution >= 0.6 is 22.7 Å². The summed E-state index contributed by atoms with van der Waals surface area (Å²) in [6.45, 7) is 2.23. The lowest BCUT2D eigenvalue weighted by atomic mass is 9.97. The minimum absolute atomic E-state index is 0.0196. The Kier molecular flexibility index (Phi) is 5.09. The van der Waals surface area contributed by atoms with Gasteiger partial charge in [0.25, 0.3) is 0 Å². The summed E-state index contributed by atoms with van der Waals surface area (Å²) in [7, 11) is 0. The zero-order chi connectivity index (χ0) is 18.8. The molecule has 138 valence electrons. The Balaban J connectivity index is 1.55. The van der Waals surface area contributed by atoms with Crippen molar-refractivity contribution in [1.29, 1.82) is 0 Å². The van der Waals surface area contributed by atoms with E-state index in [2.05, 4.69) is 28.2 Å². The Morgan fingerprint density at radius 1 is 1.11 bits per heavy atom. The van der Waals surface area contributed by atoms with Crippen LogP contribution in [0.3, 0.4) is 0 Å². The van der Waals surface area contributed by atoms with Gasteiger partial charge in [0, 0.05) is 28.9 Å². The van der Waals surface area contributed by atoms with Gasteiger partial charge in [0.2, 0.25) is 11.8 Å². The molecule has 1 aliphatic rings. The van der Waals surface area contributed by atoms with E-state index in [1.165, 1.54) is 22.2 Å². The third-order valence-electron chi connectivity index (χ3n) is 4.73. The lowest BCUT2D eigenvalue weighted by molar-refractivity contribution is -0.132. The predicted octanol–water partition coefficient (Wildman–Crippen LogP) is 4.48. The van der Waals surface area contributed by atoms with Crippen LogP contribution in [0.2, 0.25) is 0 Å². The Morgan fingerprint density at radius 3 is 2.63 bits per heavy atom. The summed E-state index contributed by atoms with van der Waals surface area (Å²) >= 11 is 3.48. The van der Waals surface area contributed by atoms with Crippen LogP contribution in [-0.2, 0) is 22.4 Å². The number of thiophene rings is 2. The topological polar surface area (TPSA) is 49.4 Å². The molecule has 3 aromatic rings. The van der Waals surface area contributed by atoms with E-state index >= 15 is 0 Å². The van der Waals surface area contributed by atoms with Crippen LogP contribution in [0.25, 0.3) is 0 Å². The van der Waals surface area contributed by atoms with Crippen molar-refractivity contribution in [3.63, 3.8) is 0 Å². The minimum atomic E-state index is -0.0995. The summed E-state index contributed by atoms with van der Waals surface area (Å²) in [6.07, 6.45) is 1.28. The summed E-state index contributed by atoms with van der Waals surface area (Å²) in [5, 5.41) is 6.94. The first-order chi connectivity index (χ1) is 13.1. The van der Waals surface area contributed by atoms with Crippen molar-refractivity contribution in [2.75, 3.05) is 11.9 Å². The summed E-state index contributed by atoms with van der Waals surface area (Å²) in [5.74, 6) is 0.0371. The van der Waals surface area contributed by atoms with Gasteiger partial charge in [0.15, 0.2) is 0 Å². The molecule has 2 amide bonds. The van der Waals surface area contributed by atoms with Gasteiger partial charge < -0.3 is 10.2 Å². The zero-order valence-corrected chi connectivity index (χ0v) is 16.6. The number of benzene rings is 1. The van der Waals surface area contributed by atoms with E-state index in [9.17, 15) is 9.59 Å². The van der Waals surface area contributed by atoms with Crippen molar-refractivity contribution < 1.29 is 9.59 Å². The SMILES string of the molecule is CC(=O)Nc1ccc(CC(=O)N2CCc3sccc3C2c2cccs2)cc1. The normalized spacial score (nSPS) is 16.0. The molecular weight excluding hydrogens is 376 g/mol. The second-order valence-corrected chi connectivity index (χ2v) is 8.59. The number of fused-ring (bicyclic) bond motifs is 1. The van der Waals surface area contributed by atoms with Crippen LogP contribution in [0.15, 0.2) is 53.2 Å². The van der Waals surface area contributed by atoms with Crippen LogP contribution in [0, 0.1) is 0 Å². The molecule has 0 aliphatic carbocycles. The van der Waals surface area contributed by atoms with E-state index in [4.69, 9.17) is 0 Å². The van der Waals surface area contributed by atoms with Gasteiger partial charge in [-0.15, -0.1) is 22.7 Å². The van der Waals surface area contributed by atoms with E-state index in [0.29, 0.717) is 6.42 Å². The highest BCUT2D eigenvalue weighted by Gasteiger charge is 2.33. The molecular formula is C21H20N2O2S2. The Labute approximate surface area is 166 Å². The van der Waals surface area contributed by atoms with Crippen molar-refractivity contribution in [3.05, 3.63) is 74.1 Å². The molecule has 0 radical (unpaired) electrons. The number of amides is 2. The van der Waals surface area contributed by atoms with Gasteiger partial charge in [0.05, 0.1) is 12.5 Å². The molecule has 0 saturated heterocycles. The van der Waals surface area contributed by atoms with Crippen LogP contribution < -0.4 is 5.32 Å². The average Bonchev–Trinajstić information content (AvgIpc) is 3.33. The van der Waals surface area contributed by atoms with Crippen LogP contribution in [-0.4, -0.2) is 23.3 Å². The molecule has 0 bridgehead atoms. The average molecular weight is 397 g/mol. The molecule has 27 heavy (non-hydrogen) atoms. The first-order valence-corrected chi connectivity index (χ1v) is 10.6. The fourth-order valence-corrected chi connectivity index (χ4v) is 5.28. The zero-order valence-electron chi connectivity index (χ0n) is 15.0. The standard InChI is InChI=1S/C21H20N2O2S2/c1-14(24)22-16-6-4-15(5-7-16)13-20(25)23-10-8-18-17(9-12-27-18)21(23)19-3-2-11-26-19/h2-7,9,11-12,21H,8,10,13H2,1H3,(H,22,24). The number of carbonyl (C=O) groups is 2. The summed E-state index contributed by atoms with van der Waals surface area (Å²) in [4.78, 5) is 28.9. The second kappa shape index (κ2) is 7.66. The second-order valence-electron chi connectivity index (χ2n) is 6.61. The van der Waals surface area contributed by atoms with Crippen LogP contribution in [0.5, 0.6) is 0 Å². The van der Waals surface area contributed by atoms with E-state index in [-0.39, 0.29) is 17.9 Å². The van der Waals surface area contributed by atoms with Gasteiger partial charge in [-0.3, -0.25) is 9.59 Å². The molecule has 6 heteroatoms. The smallest absolute Gasteiger partial charge is 0.227 e. The molecule has 0 saturated carbocycles. The van der Waals surface area contributed by atoms with Gasteiger partial charge in [-0.2, -0.15) is 0 Å². The minimum Gasteiger partial charge on any atom is -0.330 e. The maximum Gasteiger partial charge on any atom is 0.227 e. The molecule has 2 aromatic heterocycles. The highest BCUT2D eigenvalue weighted by molar-refractivity contribution is 7.10.